The lowest BCUT2D eigenvalue weighted by molar-refractivity contribution is 0.587. The molecule has 0 amide bonds. The predicted octanol–water partition coefficient (Wildman–Crippen LogP) is 2.93. The summed E-state index contributed by atoms with van der Waals surface area (Å²) in [6, 6.07) is 1.01. The predicted molar refractivity (Wildman–Crippen MR) is 56.8 cm³/mol. The Bertz CT molecular complexity index is 398. The third-order valence-corrected chi connectivity index (χ3v) is 2.07. The molecular formula is C7H4Cl2F2N2S. The Balaban J connectivity index is 3.25. The summed E-state index contributed by atoms with van der Waals surface area (Å²) in [6.07, 6.45) is 0. The SMILES string of the molecule is NC(=S)Nc1cc(Cl)c(F)c(Cl)c1F. The van der Waals surface area contributed by atoms with E-state index in [1.807, 2.05) is 0 Å². The Morgan fingerprint density at radius 2 is 1.93 bits per heavy atom. The van der Waals surface area contributed by atoms with Gasteiger partial charge in [0.2, 0.25) is 0 Å². The van der Waals surface area contributed by atoms with Crippen LogP contribution >= 0.6 is 35.4 Å². The molecule has 0 aliphatic heterocycles. The summed E-state index contributed by atoms with van der Waals surface area (Å²) >= 11 is 15.2. The Morgan fingerprint density at radius 3 is 2.43 bits per heavy atom. The lowest BCUT2D eigenvalue weighted by Crippen LogP contribution is -2.19. The number of nitrogens with one attached hydrogen (secondary N) is 1. The van der Waals surface area contributed by atoms with Gasteiger partial charge in [-0.05, 0) is 18.3 Å². The van der Waals surface area contributed by atoms with Gasteiger partial charge in [-0.3, -0.25) is 0 Å². The fraction of sp³-hybridized carbons (Fsp3) is 0. The molecule has 2 nitrogen and oxygen atoms in total. The summed E-state index contributed by atoms with van der Waals surface area (Å²) in [5, 5.41) is 1.11. The van der Waals surface area contributed by atoms with E-state index >= 15 is 0 Å². The second kappa shape index (κ2) is 4.25. The fourth-order valence-corrected chi connectivity index (χ4v) is 1.36. The zero-order valence-electron chi connectivity index (χ0n) is 6.57. The number of rotatable bonds is 1. The Hall–Kier alpha value is -0.650. The third-order valence-electron chi connectivity index (χ3n) is 1.36. The van der Waals surface area contributed by atoms with Crippen molar-refractivity contribution >= 4 is 46.2 Å². The monoisotopic (exact) mass is 256 g/mol. The van der Waals surface area contributed by atoms with Crippen LogP contribution in [-0.2, 0) is 0 Å². The van der Waals surface area contributed by atoms with Crippen LogP contribution in [0.1, 0.15) is 0 Å². The van der Waals surface area contributed by atoms with Gasteiger partial charge in [0.15, 0.2) is 16.7 Å². The van der Waals surface area contributed by atoms with Crippen molar-refractivity contribution < 1.29 is 8.78 Å². The molecule has 14 heavy (non-hydrogen) atoms. The van der Waals surface area contributed by atoms with Gasteiger partial charge in [-0.25, -0.2) is 8.78 Å². The second-order valence-electron chi connectivity index (χ2n) is 2.34. The average Bonchev–Trinajstić information content (AvgIpc) is 2.10. The molecule has 0 aliphatic rings. The van der Waals surface area contributed by atoms with Gasteiger partial charge in [0, 0.05) is 0 Å². The number of nitrogens with two attached hydrogens (primary N) is 1. The molecule has 0 aliphatic carbocycles. The van der Waals surface area contributed by atoms with E-state index in [1.54, 1.807) is 0 Å². The average molecular weight is 257 g/mol. The Kier molecular flexibility index (Phi) is 3.47. The minimum atomic E-state index is -1.01. The Morgan fingerprint density at radius 1 is 1.36 bits per heavy atom. The standard InChI is InChI=1S/C7H4Cl2F2N2S/c8-2-1-3(13-7(12)14)6(11)4(9)5(2)10/h1H,(H3,12,13,14). The van der Waals surface area contributed by atoms with E-state index in [1.165, 1.54) is 0 Å². The summed E-state index contributed by atoms with van der Waals surface area (Å²) < 4.78 is 26.1. The molecule has 0 heterocycles. The molecule has 76 valence electrons. The molecular weight excluding hydrogens is 253 g/mol. The van der Waals surface area contributed by atoms with E-state index in [-0.39, 0.29) is 15.8 Å². The van der Waals surface area contributed by atoms with Gasteiger partial charge in [-0.15, -0.1) is 0 Å². The molecule has 0 radical (unpaired) electrons. The molecule has 7 heteroatoms. The molecule has 3 N–H and O–H groups in total. The van der Waals surface area contributed by atoms with E-state index in [0.29, 0.717) is 0 Å². The maximum Gasteiger partial charge on any atom is 0.168 e. The minimum absolute atomic E-state index is 0.158. The molecule has 0 saturated heterocycles. The van der Waals surface area contributed by atoms with Crippen molar-refractivity contribution in [2.24, 2.45) is 5.73 Å². The van der Waals surface area contributed by atoms with Crippen LogP contribution in [0.5, 0.6) is 0 Å². The van der Waals surface area contributed by atoms with E-state index in [4.69, 9.17) is 28.9 Å². The van der Waals surface area contributed by atoms with Gasteiger partial charge < -0.3 is 11.1 Å². The van der Waals surface area contributed by atoms with Crippen LogP contribution < -0.4 is 11.1 Å². The van der Waals surface area contributed by atoms with Gasteiger partial charge in [0.25, 0.3) is 0 Å². The molecule has 0 atom stereocenters. The van der Waals surface area contributed by atoms with E-state index in [0.717, 1.165) is 6.07 Å². The zero-order chi connectivity index (χ0) is 10.9. The largest absolute Gasteiger partial charge is 0.376 e. The van der Waals surface area contributed by atoms with Gasteiger partial charge in [0.05, 0.1) is 10.7 Å². The molecule has 0 unspecified atom stereocenters. The van der Waals surface area contributed by atoms with Crippen LogP contribution in [0.2, 0.25) is 10.0 Å². The van der Waals surface area contributed by atoms with Crippen LogP contribution in [0.3, 0.4) is 0 Å². The quantitative estimate of drug-likeness (QED) is 0.461. The van der Waals surface area contributed by atoms with Gasteiger partial charge in [0.1, 0.15) is 5.02 Å². The highest BCUT2D eigenvalue weighted by Gasteiger charge is 2.15. The summed E-state index contributed by atoms with van der Waals surface area (Å²) in [7, 11) is 0. The topological polar surface area (TPSA) is 38.0 Å². The molecule has 0 aromatic heterocycles. The summed E-state index contributed by atoms with van der Waals surface area (Å²) in [6.45, 7) is 0. The van der Waals surface area contributed by atoms with Crippen molar-refractivity contribution in [3.05, 3.63) is 27.7 Å². The lowest BCUT2D eigenvalue weighted by atomic mass is 10.3. The van der Waals surface area contributed by atoms with E-state index in [9.17, 15) is 8.78 Å². The summed E-state index contributed by atoms with van der Waals surface area (Å²) in [5.41, 5.74) is 4.95. The van der Waals surface area contributed by atoms with Gasteiger partial charge >= 0.3 is 0 Å². The zero-order valence-corrected chi connectivity index (χ0v) is 8.90. The first-order valence-electron chi connectivity index (χ1n) is 3.33. The molecule has 1 aromatic carbocycles. The van der Waals surface area contributed by atoms with Crippen molar-refractivity contribution in [2.75, 3.05) is 5.32 Å². The van der Waals surface area contributed by atoms with Crippen molar-refractivity contribution in [1.82, 2.24) is 0 Å². The first-order chi connectivity index (χ1) is 6.43. The number of thiocarbonyl (C=S) groups is 1. The molecule has 0 spiro atoms. The maximum atomic E-state index is 13.2. The van der Waals surface area contributed by atoms with Crippen LogP contribution in [0.15, 0.2) is 6.07 Å². The van der Waals surface area contributed by atoms with Crippen LogP contribution in [-0.4, -0.2) is 5.11 Å². The summed E-state index contributed by atoms with van der Waals surface area (Å²) in [5.74, 6) is -2.00. The number of hydrogen-bond acceptors (Lipinski definition) is 1. The van der Waals surface area contributed by atoms with Crippen molar-refractivity contribution in [1.29, 1.82) is 0 Å². The second-order valence-corrected chi connectivity index (χ2v) is 3.56. The molecule has 1 aromatic rings. The number of benzene rings is 1. The highest BCUT2D eigenvalue weighted by atomic mass is 35.5. The lowest BCUT2D eigenvalue weighted by Gasteiger charge is -2.07. The van der Waals surface area contributed by atoms with Gasteiger partial charge in [-0.1, -0.05) is 23.2 Å². The van der Waals surface area contributed by atoms with Crippen molar-refractivity contribution in [3.8, 4) is 0 Å². The van der Waals surface area contributed by atoms with E-state index in [2.05, 4.69) is 17.5 Å². The van der Waals surface area contributed by atoms with Crippen molar-refractivity contribution in [3.63, 3.8) is 0 Å². The number of hydrogen-bond donors (Lipinski definition) is 2. The Labute approximate surface area is 94.0 Å². The molecule has 0 bridgehead atoms. The minimum Gasteiger partial charge on any atom is -0.376 e. The highest BCUT2D eigenvalue weighted by molar-refractivity contribution is 7.80. The fourth-order valence-electron chi connectivity index (χ4n) is 0.797. The smallest absolute Gasteiger partial charge is 0.168 e. The van der Waals surface area contributed by atoms with Crippen molar-refractivity contribution in [2.45, 2.75) is 0 Å². The number of anilines is 1. The van der Waals surface area contributed by atoms with Crippen LogP contribution in [0.4, 0.5) is 14.5 Å². The third kappa shape index (κ3) is 2.23. The van der Waals surface area contributed by atoms with E-state index < -0.39 is 16.7 Å². The summed E-state index contributed by atoms with van der Waals surface area (Å²) in [4.78, 5) is 0. The molecule has 1 rings (SSSR count). The number of halogens is 4. The molecule has 0 fully saturated rings. The van der Waals surface area contributed by atoms with Gasteiger partial charge in [-0.2, -0.15) is 0 Å². The maximum absolute atomic E-state index is 13.2. The van der Waals surface area contributed by atoms with Crippen LogP contribution in [0, 0.1) is 11.6 Å². The normalized spacial score (nSPS) is 10.0. The molecule has 0 saturated carbocycles. The first-order valence-corrected chi connectivity index (χ1v) is 4.49. The highest BCUT2D eigenvalue weighted by Crippen LogP contribution is 2.31. The van der Waals surface area contributed by atoms with Crippen LogP contribution in [0.25, 0.3) is 0 Å². The first kappa shape index (κ1) is 11.4.